The fraction of sp³-hybridized carbons (Fsp3) is 0.333. The zero-order chi connectivity index (χ0) is 26.6. The number of benzene rings is 2. The van der Waals surface area contributed by atoms with Crippen molar-refractivity contribution in [1.29, 1.82) is 0 Å². The van der Waals surface area contributed by atoms with Gasteiger partial charge in [0.1, 0.15) is 17.6 Å². The predicted octanol–water partition coefficient (Wildman–Crippen LogP) is 4.34. The molecular weight excluding hydrogens is 514 g/mol. The molecule has 0 spiro atoms. The molecule has 2 amide bonds. The van der Waals surface area contributed by atoms with E-state index in [2.05, 4.69) is 10.6 Å². The summed E-state index contributed by atoms with van der Waals surface area (Å²) in [7, 11) is -4.01. The van der Waals surface area contributed by atoms with Crippen LogP contribution in [0.3, 0.4) is 0 Å². The molecule has 196 valence electrons. The number of carbonyl (C=O) groups excluding carboxylic acids is 2. The van der Waals surface area contributed by atoms with Crippen LogP contribution < -0.4 is 10.6 Å². The van der Waals surface area contributed by atoms with Crippen LogP contribution in [0.2, 0.25) is 5.02 Å². The summed E-state index contributed by atoms with van der Waals surface area (Å²) in [5.74, 6) is 0.985. The van der Waals surface area contributed by atoms with Crippen molar-refractivity contribution in [2.24, 2.45) is 0 Å². The van der Waals surface area contributed by atoms with Gasteiger partial charge in [-0.05, 0) is 81.1 Å². The van der Waals surface area contributed by atoms with Gasteiger partial charge in [-0.2, -0.15) is 4.31 Å². The minimum Gasteiger partial charge on any atom is -0.466 e. The molecule has 0 bridgehead atoms. The Morgan fingerprint density at radius 3 is 2.46 bits per heavy atom. The van der Waals surface area contributed by atoms with E-state index in [1.54, 1.807) is 24.3 Å². The van der Waals surface area contributed by atoms with Gasteiger partial charge in [-0.1, -0.05) is 23.7 Å². The first-order chi connectivity index (χ1) is 17.6. The summed E-state index contributed by atoms with van der Waals surface area (Å²) >= 11 is 5.96. The molecule has 1 fully saturated rings. The van der Waals surface area contributed by atoms with Crippen molar-refractivity contribution in [2.45, 2.75) is 57.1 Å². The van der Waals surface area contributed by atoms with Crippen molar-refractivity contribution in [3.63, 3.8) is 0 Å². The van der Waals surface area contributed by atoms with E-state index in [0.29, 0.717) is 35.7 Å². The Kier molecular flexibility index (Phi) is 8.36. The molecule has 0 saturated carbocycles. The molecule has 3 aromatic rings. The van der Waals surface area contributed by atoms with Gasteiger partial charge in [-0.25, -0.2) is 8.42 Å². The minimum absolute atomic E-state index is 0.0154. The highest BCUT2D eigenvalue weighted by molar-refractivity contribution is 7.89. The van der Waals surface area contributed by atoms with Crippen LogP contribution in [-0.4, -0.2) is 37.1 Å². The standard InChI is InChI=1S/C27H30ClN3O5S/c1-18-15-22(19(2)36-18)16-30-26(32)21-8-6-20(7-9-21)17-31(25-5-3-4-14-29-27(25)33)37(34,35)24-12-10-23(28)11-13-24/h6-13,15,25H,3-5,14,16-17H2,1-2H3,(H,29,33)(H,30,32)/t25-/m1/s1. The topological polar surface area (TPSA) is 109 Å². The second kappa shape index (κ2) is 11.5. The average molecular weight is 544 g/mol. The third kappa shape index (κ3) is 6.41. The molecule has 4 rings (SSSR count). The summed E-state index contributed by atoms with van der Waals surface area (Å²) in [6, 6.07) is 13.7. The summed E-state index contributed by atoms with van der Waals surface area (Å²) in [6.45, 7) is 4.55. The van der Waals surface area contributed by atoms with E-state index in [1.165, 1.54) is 28.6 Å². The van der Waals surface area contributed by atoms with Crippen molar-refractivity contribution >= 4 is 33.4 Å². The van der Waals surface area contributed by atoms with Crippen molar-refractivity contribution in [2.75, 3.05) is 6.54 Å². The van der Waals surface area contributed by atoms with Crippen molar-refractivity contribution in [3.8, 4) is 0 Å². The number of rotatable bonds is 8. The number of halogens is 1. The first-order valence-electron chi connectivity index (χ1n) is 12.1. The number of sulfonamides is 1. The number of aryl methyl sites for hydroxylation is 2. The van der Waals surface area contributed by atoms with E-state index >= 15 is 0 Å². The van der Waals surface area contributed by atoms with Crippen LogP contribution in [0.25, 0.3) is 0 Å². The Bertz CT molecular complexity index is 1370. The van der Waals surface area contributed by atoms with Gasteiger partial charge < -0.3 is 15.1 Å². The largest absolute Gasteiger partial charge is 0.466 e. The Morgan fingerprint density at radius 2 is 1.81 bits per heavy atom. The summed E-state index contributed by atoms with van der Waals surface area (Å²) in [4.78, 5) is 25.6. The first-order valence-corrected chi connectivity index (χ1v) is 13.9. The van der Waals surface area contributed by atoms with Crippen LogP contribution in [-0.2, 0) is 27.9 Å². The Balaban J connectivity index is 1.54. The van der Waals surface area contributed by atoms with Gasteiger partial charge in [0.15, 0.2) is 0 Å². The SMILES string of the molecule is Cc1cc(CNC(=O)c2ccc(CN([C@@H]3CCCCNC3=O)S(=O)(=O)c3ccc(Cl)cc3)cc2)c(C)o1. The van der Waals surface area contributed by atoms with Gasteiger partial charge in [0.2, 0.25) is 15.9 Å². The van der Waals surface area contributed by atoms with Gasteiger partial charge in [0, 0.05) is 35.8 Å². The van der Waals surface area contributed by atoms with Crippen LogP contribution >= 0.6 is 11.6 Å². The number of nitrogens with zero attached hydrogens (tertiary/aromatic N) is 1. The molecule has 0 radical (unpaired) electrons. The molecule has 8 nitrogen and oxygen atoms in total. The molecule has 0 aliphatic carbocycles. The summed E-state index contributed by atoms with van der Waals surface area (Å²) in [5.41, 5.74) is 2.01. The maximum absolute atomic E-state index is 13.7. The smallest absolute Gasteiger partial charge is 0.251 e. The Hall–Kier alpha value is -3.14. The van der Waals surface area contributed by atoms with Crippen LogP contribution in [0.15, 0.2) is 63.9 Å². The van der Waals surface area contributed by atoms with Crippen LogP contribution in [0.5, 0.6) is 0 Å². The monoisotopic (exact) mass is 543 g/mol. The van der Waals surface area contributed by atoms with Gasteiger partial charge in [0.05, 0.1) is 4.90 Å². The van der Waals surface area contributed by atoms with Crippen LogP contribution in [0.1, 0.15) is 52.3 Å². The van der Waals surface area contributed by atoms with Gasteiger partial charge >= 0.3 is 0 Å². The molecule has 37 heavy (non-hydrogen) atoms. The normalized spacial score (nSPS) is 16.3. The van der Waals surface area contributed by atoms with Crippen molar-refractivity contribution < 1.29 is 22.4 Å². The lowest BCUT2D eigenvalue weighted by Gasteiger charge is -2.29. The maximum atomic E-state index is 13.7. The molecule has 2 aromatic carbocycles. The number of carbonyl (C=O) groups is 2. The molecular formula is C27H30ClN3O5S. The highest BCUT2D eigenvalue weighted by atomic mass is 35.5. The van der Waals surface area contributed by atoms with E-state index in [1.807, 2.05) is 19.9 Å². The molecule has 0 unspecified atom stereocenters. The van der Waals surface area contributed by atoms with E-state index in [9.17, 15) is 18.0 Å². The zero-order valence-electron chi connectivity index (χ0n) is 20.8. The molecule has 1 aliphatic heterocycles. The molecule has 1 aromatic heterocycles. The van der Waals surface area contributed by atoms with E-state index in [-0.39, 0.29) is 23.3 Å². The van der Waals surface area contributed by atoms with Crippen LogP contribution in [0, 0.1) is 13.8 Å². The lowest BCUT2D eigenvalue weighted by Crippen LogP contribution is -2.48. The molecule has 1 saturated heterocycles. The highest BCUT2D eigenvalue weighted by Crippen LogP contribution is 2.26. The number of hydrogen-bond acceptors (Lipinski definition) is 5. The van der Waals surface area contributed by atoms with Crippen molar-refractivity contribution in [1.82, 2.24) is 14.9 Å². The second-order valence-corrected chi connectivity index (χ2v) is 11.5. The van der Waals surface area contributed by atoms with Crippen LogP contribution in [0.4, 0.5) is 0 Å². The Morgan fingerprint density at radius 1 is 1.11 bits per heavy atom. The lowest BCUT2D eigenvalue weighted by molar-refractivity contribution is -0.124. The quantitative estimate of drug-likeness (QED) is 0.439. The first kappa shape index (κ1) is 26.9. The predicted molar refractivity (Wildman–Crippen MR) is 141 cm³/mol. The summed E-state index contributed by atoms with van der Waals surface area (Å²) < 4.78 is 34.1. The third-order valence-corrected chi connectivity index (χ3v) is 8.53. The van der Waals surface area contributed by atoms with E-state index < -0.39 is 16.1 Å². The molecule has 2 heterocycles. The number of amides is 2. The summed E-state index contributed by atoms with van der Waals surface area (Å²) in [6.07, 6.45) is 1.94. The van der Waals surface area contributed by atoms with E-state index in [0.717, 1.165) is 29.9 Å². The fourth-order valence-electron chi connectivity index (χ4n) is 4.38. The third-order valence-electron chi connectivity index (χ3n) is 6.41. The summed E-state index contributed by atoms with van der Waals surface area (Å²) in [5, 5.41) is 6.12. The van der Waals surface area contributed by atoms with Gasteiger partial charge in [-0.15, -0.1) is 0 Å². The number of nitrogens with one attached hydrogen (secondary N) is 2. The zero-order valence-corrected chi connectivity index (χ0v) is 22.4. The van der Waals surface area contributed by atoms with E-state index in [4.69, 9.17) is 16.0 Å². The average Bonchev–Trinajstić information content (AvgIpc) is 3.05. The fourth-order valence-corrected chi connectivity index (χ4v) is 6.11. The van der Waals surface area contributed by atoms with Gasteiger partial charge in [0.25, 0.3) is 5.91 Å². The molecule has 1 atom stereocenters. The highest BCUT2D eigenvalue weighted by Gasteiger charge is 2.36. The lowest BCUT2D eigenvalue weighted by atomic mass is 10.1. The minimum atomic E-state index is -4.01. The number of hydrogen-bond donors (Lipinski definition) is 2. The maximum Gasteiger partial charge on any atom is 0.251 e. The molecule has 1 aliphatic rings. The van der Waals surface area contributed by atoms with Gasteiger partial charge in [-0.3, -0.25) is 9.59 Å². The van der Waals surface area contributed by atoms with Crippen molar-refractivity contribution in [3.05, 3.63) is 87.8 Å². The second-order valence-electron chi connectivity index (χ2n) is 9.12. The Labute approximate surface area is 222 Å². The molecule has 10 heteroatoms. The molecule has 2 N–H and O–H groups in total. The number of furan rings is 1.